The molecule has 7 nitrogen and oxygen atoms in total. The number of aromatic nitrogens is 2. The Bertz CT molecular complexity index is 848. The van der Waals surface area contributed by atoms with Gasteiger partial charge in [-0.2, -0.15) is 5.10 Å². The highest BCUT2D eigenvalue weighted by Crippen LogP contribution is 2.30. The average molecular weight is 425 g/mol. The molecule has 0 aromatic carbocycles. The number of hydrogen-bond acceptors (Lipinski definition) is 5. The van der Waals surface area contributed by atoms with Crippen molar-refractivity contribution in [2.24, 2.45) is 11.8 Å². The second kappa shape index (κ2) is 8.76. The molecule has 0 unspecified atom stereocenters. The molecule has 4 atom stereocenters. The van der Waals surface area contributed by atoms with Crippen LogP contribution in [0.15, 0.2) is 0 Å². The normalized spacial score (nSPS) is 29.3. The number of likely N-dealkylation sites (N-methyl/N-ethyl adjacent to an activating group) is 1. The Hall–Kier alpha value is -1.41. The minimum atomic E-state index is -2.95. The summed E-state index contributed by atoms with van der Waals surface area (Å²) in [6.07, 6.45) is 4.12. The van der Waals surface area contributed by atoms with Crippen LogP contribution in [0.2, 0.25) is 0 Å². The first-order chi connectivity index (χ1) is 13.6. The van der Waals surface area contributed by atoms with Gasteiger partial charge in [0.05, 0.1) is 29.8 Å². The molecule has 1 amide bonds. The zero-order chi connectivity index (χ0) is 21.3. The van der Waals surface area contributed by atoms with E-state index in [9.17, 15) is 13.2 Å². The molecule has 1 aliphatic heterocycles. The van der Waals surface area contributed by atoms with Gasteiger partial charge >= 0.3 is 0 Å². The molecule has 2 heterocycles. The fourth-order valence-corrected chi connectivity index (χ4v) is 6.55. The van der Waals surface area contributed by atoms with Crippen LogP contribution in [0, 0.1) is 25.7 Å². The topological polar surface area (TPSA) is 84.3 Å². The molecule has 1 aromatic heterocycles. The highest BCUT2D eigenvalue weighted by atomic mass is 32.2. The Balaban J connectivity index is 1.59. The van der Waals surface area contributed by atoms with Gasteiger partial charge in [-0.25, -0.2) is 8.42 Å². The summed E-state index contributed by atoms with van der Waals surface area (Å²) in [7, 11) is -1.00. The number of amides is 1. The minimum Gasteiger partial charge on any atom is -0.352 e. The van der Waals surface area contributed by atoms with Crippen LogP contribution in [0.1, 0.15) is 62.5 Å². The summed E-state index contributed by atoms with van der Waals surface area (Å²) < 4.78 is 25.5. The summed E-state index contributed by atoms with van der Waals surface area (Å²) in [5.41, 5.74) is 3.00. The van der Waals surface area contributed by atoms with E-state index in [4.69, 9.17) is 0 Å². The number of sulfone groups is 1. The third-order valence-corrected chi connectivity index (χ3v) is 8.67. The second-order valence-electron chi connectivity index (χ2n) is 9.26. The summed E-state index contributed by atoms with van der Waals surface area (Å²) >= 11 is 0. The standard InChI is InChI=1S/C21H36N4O3S/c1-14-7-6-8-20(15(14)2)22-21(26)12-24(5)11-19-16(3)23-25(17(19)4)18-9-10-29(27,28)13-18/h14-15,18,20H,6-13H2,1-5H3,(H,22,26)/t14-,15-,18+,20+/m0/s1. The average Bonchev–Trinajstić information content (AvgIpc) is 3.12. The first-order valence-electron chi connectivity index (χ1n) is 10.8. The lowest BCUT2D eigenvalue weighted by atomic mass is 9.78. The molecule has 1 saturated carbocycles. The van der Waals surface area contributed by atoms with E-state index in [0.717, 1.165) is 23.4 Å². The van der Waals surface area contributed by atoms with Gasteiger partial charge in [0, 0.05) is 23.8 Å². The summed E-state index contributed by atoms with van der Waals surface area (Å²) in [5.74, 6) is 1.66. The zero-order valence-electron chi connectivity index (χ0n) is 18.4. The highest BCUT2D eigenvalue weighted by Gasteiger charge is 2.32. The van der Waals surface area contributed by atoms with Crippen molar-refractivity contribution in [2.75, 3.05) is 25.1 Å². The maximum atomic E-state index is 12.6. The maximum absolute atomic E-state index is 12.6. The van der Waals surface area contributed by atoms with Gasteiger partial charge in [0.2, 0.25) is 5.91 Å². The van der Waals surface area contributed by atoms with Gasteiger partial charge in [-0.15, -0.1) is 0 Å². The Morgan fingerprint density at radius 2 is 1.97 bits per heavy atom. The lowest BCUT2D eigenvalue weighted by Gasteiger charge is -2.35. The quantitative estimate of drug-likeness (QED) is 0.757. The summed E-state index contributed by atoms with van der Waals surface area (Å²) in [6, 6.07) is 0.200. The van der Waals surface area contributed by atoms with Crippen LogP contribution in [0.3, 0.4) is 0 Å². The monoisotopic (exact) mass is 424 g/mol. The maximum Gasteiger partial charge on any atom is 0.234 e. The summed E-state index contributed by atoms with van der Waals surface area (Å²) in [4.78, 5) is 14.6. The van der Waals surface area contributed by atoms with Crippen LogP contribution < -0.4 is 5.32 Å². The largest absolute Gasteiger partial charge is 0.352 e. The first-order valence-corrected chi connectivity index (χ1v) is 12.6. The smallest absolute Gasteiger partial charge is 0.234 e. The van der Waals surface area contributed by atoms with Gasteiger partial charge in [0.15, 0.2) is 9.84 Å². The SMILES string of the molecule is Cc1nn([C@@H]2CCS(=O)(=O)C2)c(C)c1CN(C)CC(=O)N[C@@H]1CCC[C@H](C)[C@@H]1C. The van der Waals surface area contributed by atoms with E-state index in [2.05, 4.69) is 24.3 Å². The number of aryl methyl sites for hydroxylation is 1. The Morgan fingerprint density at radius 1 is 1.24 bits per heavy atom. The molecule has 1 aliphatic carbocycles. The Kier molecular flexibility index (Phi) is 6.73. The first kappa shape index (κ1) is 22.3. The fourth-order valence-electron chi connectivity index (χ4n) is 4.86. The lowest BCUT2D eigenvalue weighted by Crippen LogP contribution is -2.46. The molecule has 0 spiro atoms. The van der Waals surface area contributed by atoms with Gasteiger partial charge < -0.3 is 5.32 Å². The molecule has 1 saturated heterocycles. The number of nitrogens with one attached hydrogen (secondary N) is 1. The molecule has 0 bridgehead atoms. The molecule has 1 aromatic rings. The van der Waals surface area contributed by atoms with Crippen LogP contribution >= 0.6 is 0 Å². The van der Waals surface area contributed by atoms with Gasteiger partial charge in [0.1, 0.15) is 0 Å². The third kappa shape index (κ3) is 5.20. The zero-order valence-corrected chi connectivity index (χ0v) is 19.3. The van der Waals surface area contributed by atoms with Crippen molar-refractivity contribution >= 4 is 15.7 Å². The molecule has 0 radical (unpaired) electrons. The van der Waals surface area contributed by atoms with E-state index in [1.54, 1.807) is 0 Å². The van der Waals surface area contributed by atoms with Crippen molar-refractivity contribution in [3.63, 3.8) is 0 Å². The summed E-state index contributed by atoms with van der Waals surface area (Å²) in [6.45, 7) is 9.44. The van der Waals surface area contributed by atoms with E-state index in [1.165, 1.54) is 12.8 Å². The summed E-state index contributed by atoms with van der Waals surface area (Å²) in [5, 5.41) is 7.86. The molecule has 164 valence electrons. The van der Waals surface area contributed by atoms with Crippen LogP contribution in [-0.4, -0.2) is 60.1 Å². The van der Waals surface area contributed by atoms with E-state index in [-0.39, 0.29) is 29.5 Å². The molecular formula is C21H36N4O3S. The van der Waals surface area contributed by atoms with Crippen molar-refractivity contribution in [1.29, 1.82) is 0 Å². The number of carbonyl (C=O) groups excluding carboxylic acids is 1. The Labute approximate surface area is 175 Å². The highest BCUT2D eigenvalue weighted by molar-refractivity contribution is 7.91. The van der Waals surface area contributed by atoms with Crippen molar-refractivity contribution in [3.05, 3.63) is 17.0 Å². The number of nitrogens with zero attached hydrogens (tertiary/aromatic N) is 3. The number of hydrogen-bond donors (Lipinski definition) is 1. The van der Waals surface area contributed by atoms with Crippen molar-refractivity contribution < 1.29 is 13.2 Å². The van der Waals surface area contributed by atoms with E-state index >= 15 is 0 Å². The van der Waals surface area contributed by atoms with E-state index < -0.39 is 9.84 Å². The molecule has 2 fully saturated rings. The molecule has 8 heteroatoms. The second-order valence-corrected chi connectivity index (χ2v) is 11.5. The van der Waals surface area contributed by atoms with Crippen molar-refractivity contribution in [3.8, 4) is 0 Å². The Morgan fingerprint density at radius 3 is 2.62 bits per heavy atom. The predicted octanol–water partition coefficient (Wildman–Crippen LogP) is 2.23. The molecule has 29 heavy (non-hydrogen) atoms. The lowest BCUT2D eigenvalue weighted by molar-refractivity contribution is -0.123. The van der Waals surface area contributed by atoms with Gasteiger partial charge in [-0.05, 0) is 45.6 Å². The minimum absolute atomic E-state index is 0.0723. The third-order valence-electron chi connectivity index (χ3n) is 6.92. The van der Waals surface area contributed by atoms with Gasteiger partial charge in [0.25, 0.3) is 0 Å². The van der Waals surface area contributed by atoms with Crippen LogP contribution in [0.4, 0.5) is 0 Å². The number of carbonyl (C=O) groups is 1. The van der Waals surface area contributed by atoms with Crippen molar-refractivity contribution in [2.45, 2.75) is 72.0 Å². The molecular weight excluding hydrogens is 388 g/mol. The van der Waals surface area contributed by atoms with Crippen LogP contribution in [-0.2, 0) is 21.2 Å². The molecule has 2 aliphatic rings. The van der Waals surface area contributed by atoms with Crippen molar-refractivity contribution in [1.82, 2.24) is 20.0 Å². The number of rotatable bonds is 6. The van der Waals surface area contributed by atoms with Crippen LogP contribution in [0.5, 0.6) is 0 Å². The van der Waals surface area contributed by atoms with E-state index in [1.807, 2.05) is 30.5 Å². The van der Waals surface area contributed by atoms with Gasteiger partial charge in [-0.3, -0.25) is 14.4 Å². The molecule has 3 rings (SSSR count). The van der Waals surface area contributed by atoms with Crippen LogP contribution in [0.25, 0.3) is 0 Å². The fraction of sp³-hybridized carbons (Fsp3) is 0.810. The predicted molar refractivity (Wildman–Crippen MR) is 114 cm³/mol. The van der Waals surface area contributed by atoms with E-state index in [0.29, 0.717) is 31.3 Å². The van der Waals surface area contributed by atoms with Gasteiger partial charge in [-0.1, -0.05) is 26.7 Å². The molecule has 1 N–H and O–H groups in total.